The second-order valence-corrected chi connectivity index (χ2v) is 11.3. The molecule has 2 N–H and O–H groups in total. The van der Waals surface area contributed by atoms with Crippen molar-refractivity contribution in [1.29, 1.82) is 0 Å². The summed E-state index contributed by atoms with van der Waals surface area (Å²) in [5, 5.41) is 4.68. The van der Waals surface area contributed by atoms with Crippen LogP contribution < -0.4 is 9.88 Å². The predicted octanol–water partition coefficient (Wildman–Crippen LogP) is 7.32. The lowest BCUT2D eigenvalue weighted by Crippen LogP contribution is -2.34. The molecule has 0 aliphatic carbocycles. The van der Waals surface area contributed by atoms with Gasteiger partial charge in [0.2, 0.25) is 5.51 Å². The third-order valence-corrected chi connectivity index (χ3v) is 7.56. The van der Waals surface area contributed by atoms with Gasteiger partial charge in [0.15, 0.2) is 12.3 Å². The lowest BCUT2D eigenvalue weighted by atomic mass is 10.0. The first-order valence-electron chi connectivity index (χ1n) is 15.8. The molecule has 1 aromatic heterocycles. The van der Waals surface area contributed by atoms with Crippen molar-refractivity contribution in [2.45, 2.75) is 135 Å². The number of unbranched alkanes of at least 4 members (excludes halogenated alkanes) is 15. The Morgan fingerprint density at radius 1 is 0.786 bits per heavy atom. The Labute approximate surface area is 257 Å². The van der Waals surface area contributed by atoms with Crippen LogP contribution in [0.2, 0.25) is 0 Å². The van der Waals surface area contributed by atoms with Gasteiger partial charge in [-0.3, -0.25) is 4.79 Å². The average Bonchev–Trinajstić information content (AvgIpc) is 3.49. The van der Waals surface area contributed by atoms with E-state index in [0.717, 1.165) is 12.8 Å². The number of esters is 1. The smallest absolute Gasteiger partial charge is 0.508 e. The molecule has 244 valence electrons. The van der Waals surface area contributed by atoms with Crippen LogP contribution in [0.5, 0.6) is 0 Å². The molecule has 1 aromatic rings. The van der Waals surface area contributed by atoms with Crippen LogP contribution in [0, 0.1) is 0 Å². The Balaban J connectivity index is 0.0000168. The summed E-state index contributed by atoms with van der Waals surface area (Å²) in [4.78, 5) is 35.6. The van der Waals surface area contributed by atoms with Crippen molar-refractivity contribution in [3.05, 3.63) is 17.1 Å². The van der Waals surface area contributed by atoms with Gasteiger partial charge in [-0.1, -0.05) is 115 Å². The maximum Gasteiger partial charge on any atom is 0.508 e. The van der Waals surface area contributed by atoms with E-state index in [0.29, 0.717) is 19.5 Å². The van der Waals surface area contributed by atoms with E-state index in [1.165, 1.54) is 97.0 Å². The molecule has 0 aliphatic heterocycles. The molecule has 0 saturated heterocycles. The Bertz CT molecular complexity index is 779. The number of nitrogens with one attached hydrogen (secondary N) is 1. The molecule has 10 nitrogen and oxygen atoms in total. The standard InChI is InChI=1S/C31H54N2O7S.H2O/c1-3-4-5-6-7-8-9-10-11-12-13-14-15-16-17-18-21-32-30(35)39-26-28(40-31(36)37-2)25-38-29(34)20-19-22-33-23-24-41-27-33;/h23-24,27-28H,3-22,25-26H2,1-2H3;1H2/t28-;/m1./s1. The normalized spacial score (nSPS) is 11.3. The topological polar surface area (TPSA) is 134 Å². The first-order valence-corrected chi connectivity index (χ1v) is 16.7. The molecule has 0 aliphatic rings. The summed E-state index contributed by atoms with van der Waals surface area (Å²) in [7, 11) is 1.18. The number of amides is 1. The fourth-order valence-electron chi connectivity index (χ4n) is 4.44. The lowest BCUT2D eigenvalue weighted by molar-refractivity contribution is -0.692. The minimum atomic E-state index is -0.945. The second kappa shape index (κ2) is 28.7. The highest BCUT2D eigenvalue weighted by Crippen LogP contribution is 2.13. The number of ether oxygens (including phenoxy) is 4. The summed E-state index contributed by atoms with van der Waals surface area (Å²) in [5.41, 5.74) is 1.97. The van der Waals surface area contributed by atoms with Crippen molar-refractivity contribution >= 4 is 29.6 Å². The monoisotopic (exact) mass is 616 g/mol. The number of thiazole rings is 1. The second-order valence-electron chi connectivity index (χ2n) is 10.6. The van der Waals surface area contributed by atoms with Crippen molar-refractivity contribution in [2.75, 3.05) is 26.9 Å². The predicted molar refractivity (Wildman–Crippen MR) is 163 cm³/mol. The van der Waals surface area contributed by atoms with Crippen molar-refractivity contribution < 1.29 is 43.4 Å². The van der Waals surface area contributed by atoms with Gasteiger partial charge in [-0.15, -0.1) is 0 Å². The Hall–Kier alpha value is -2.40. The summed E-state index contributed by atoms with van der Waals surface area (Å²) < 4.78 is 21.9. The van der Waals surface area contributed by atoms with Crippen LogP contribution >= 0.6 is 11.3 Å². The number of carbonyl (C=O) groups is 3. The van der Waals surface area contributed by atoms with Crippen LogP contribution in [0.4, 0.5) is 9.59 Å². The molecule has 0 radical (unpaired) electrons. The van der Waals surface area contributed by atoms with Crippen LogP contribution in [0.25, 0.3) is 0 Å². The highest BCUT2D eigenvalue weighted by atomic mass is 32.1. The Morgan fingerprint density at radius 2 is 1.33 bits per heavy atom. The van der Waals surface area contributed by atoms with Crippen molar-refractivity contribution in [1.82, 2.24) is 5.32 Å². The Kier molecular flexibility index (Phi) is 27.1. The van der Waals surface area contributed by atoms with E-state index in [-0.39, 0.29) is 25.1 Å². The largest absolute Gasteiger partial charge is 0.870 e. The van der Waals surface area contributed by atoms with E-state index >= 15 is 0 Å². The van der Waals surface area contributed by atoms with Crippen molar-refractivity contribution in [2.24, 2.45) is 0 Å². The summed E-state index contributed by atoms with van der Waals surface area (Å²) in [6, 6.07) is 0. The fraction of sp³-hybridized carbons (Fsp3) is 0.806. The number of alkyl carbamates (subject to hydrolysis) is 1. The van der Waals surface area contributed by atoms with Crippen molar-refractivity contribution in [3.63, 3.8) is 0 Å². The highest BCUT2D eigenvalue weighted by molar-refractivity contribution is 7.07. The maximum atomic E-state index is 12.0. The van der Waals surface area contributed by atoms with E-state index < -0.39 is 24.3 Å². The van der Waals surface area contributed by atoms with E-state index in [2.05, 4.69) is 17.0 Å². The molecule has 11 heteroatoms. The van der Waals surface area contributed by atoms with Crippen LogP contribution in [0.1, 0.15) is 122 Å². The third kappa shape index (κ3) is 24.2. The molecule has 1 heterocycles. The first-order chi connectivity index (χ1) is 20.0. The number of rotatable bonds is 26. The molecule has 0 saturated carbocycles. The molecular formula is C31H56N2O8S. The van der Waals surface area contributed by atoms with Crippen molar-refractivity contribution in [3.8, 4) is 0 Å². The number of hydrogen-bond donors (Lipinski definition) is 1. The number of carbonyl (C=O) groups excluding carboxylic acids is 3. The van der Waals surface area contributed by atoms with E-state index in [4.69, 9.17) is 14.2 Å². The number of methoxy groups -OCH3 is 1. The van der Waals surface area contributed by atoms with Gasteiger partial charge in [0.05, 0.1) is 18.9 Å². The number of aromatic nitrogens is 1. The summed E-state index contributed by atoms with van der Waals surface area (Å²) in [6.07, 6.45) is 21.1. The quantitative estimate of drug-likeness (QED) is 0.0495. The zero-order chi connectivity index (χ0) is 29.8. The van der Waals surface area contributed by atoms with Crippen LogP contribution in [-0.4, -0.2) is 56.7 Å². The van der Waals surface area contributed by atoms with Gasteiger partial charge in [0.1, 0.15) is 19.8 Å². The summed E-state index contributed by atoms with van der Waals surface area (Å²) in [6.45, 7) is 3.05. The molecule has 0 fully saturated rings. The van der Waals surface area contributed by atoms with E-state index in [1.54, 1.807) is 11.3 Å². The molecule has 1 amide bonds. The SMILES string of the molecule is CCCCCCCCCCCCCCCCCCNC(=O)OC[C@@H](COC(=O)CCC[n+]1ccsc1)OC(=O)OC.[OH-]. The third-order valence-electron chi connectivity index (χ3n) is 6.88. The van der Waals surface area contributed by atoms with Gasteiger partial charge < -0.3 is 29.7 Å². The van der Waals surface area contributed by atoms with E-state index in [1.807, 2.05) is 21.7 Å². The van der Waals surface area contributed by atoms with Gasteiger partial charge in [0.25, 0.3) is 0 Å². The first kappa shape index (κ1) is 39.6. The number of aryl methyl sites for hydroxylation is 1. The van der Waals surface area contributed by atoms with Gasteiger partial charge in [-0.2, -0.15) is 4.57 Å². The Morgan fingerprint density at radius 3 is 1.86 bits per heavy atom. The molecule has 1 rings (SSSR count). The molecule has 42 heavy (non-hydrogen) atoms. The minimum Gasteiger partial charge on any atom is -0.870 e. The van der Waals surface area contributed by atoms with Gasteiger partial charge in [-0.25, -0.2) is 9.59 Å². The maximum absolute atomic E-state index is 12.0. The van der Waals surface area contributed by atoms with Gasteiger partial charge in [0, 0.05) is 13.0 Å². The minimum absolute atomic E-state index is 0. The molecular weight excluding hydrogens is 560 g/mol. The van der Waals surface area contributed by atoms with Crippen LogP contribution in [-0.2, 0) is 30.3 Å². The zero-order valence-electron chi connectivity index (χ0n) is 26.0. The summed E-state index contributed by atoms with van der Waals surface area (Å²) >= 11 is 1.58. The molecule has 0 aromatic carbocycles. The highest BCUT2D eigenvalue weighted by Gasteiger charge is 2.20. The zero-order valence-corrected chi connectivity index (χ0v) is 26.8. The number of hydrogen-bond acceptors (Lipinski definition) is 9. The van der Waals surface area contributed by atoms with Crippen LogP contribution in [0.15, 0.2) is 17.1 Å². The lowest BCUT2D eigenvalue weighted by Gasteiger charge is -2.17. The average molecular weight is 617 g/mol. The van der Waals surface area contributed by atoms with Gasteiger partial charge >= 0.3 is 18.2 Å². The van der Waals surface area contributed by atoms with Crippen LogP contribution in [0.3, 0.4) is 0 Å². The fourth-order valence-corrected chi connectivity index (χ4v) is 5.07. The summed E-state index contributed by atoms with van der Waals surface area (Å²) in [5.74, 6) is -0.410. The molecule has 1 atom stereocenters. The molecule has 0 unspecified atom stereocenters. The number of nitrogens with zero attached hydrogens (tertiary/aromatic N) is 1. The molecule has 0 bridgehead atoms. The molecule has 0 spiro atoms. The van der Waals surface area contributed by atoms with E-state index in [9.17, 15) is 14.4 Å². The van der Waals surface area contributed by atoms with Gasteiger partial charge in [-0.05, 0) is 6.42 Å².